The smallest absolute Gasteiger partial charge is 0.338 e. The molecule has 1 fully saturated rings. The maximum atomic E-state index is 11.3. The molecule has 1 aliphatic heterocycles. The van der Waals surface area contributed by atoms with E-state index >= 15 is 0 Å². The minimum absolute atomic E-state index is 0.128. The Bertz CT molecular complexity index is 361. The van der Waals surface area contributed by atoms with E-state index in [-0.39, 0.29) is 12.1 Å². The van der Waals surface area contributed by atoms with Gasteiger partial charge in [0, 0.05) is 4.47 Å². The van der Waals surface area contributed by atoms with Crippen molar-refractivity contribution in [3.05, 3.63) is 34.3 Å². The van der Waals surface area contributed by atoms with Gasteiger partial charge in [0.2, 0.25) is 0 Å². The number of benzene rings is 1. The van der Waals surface area contributed by atoms with Crippen molar-refractivity contribution in [2.75, 3.05) is 6.61 Å². The highest BCUT2D eigenvalue weighted by atomic mass is 79.9. The van der Waals surface area contributed by atoms with Gasteiger partial charge in [-0.15, -0.1) is 0 Å². The first-order valence-corrected chi connectivity index (χ1v) is 5.59. The minimum atomic E-state index is -0.411. The highest BCUT2D eigenvalue weighted by Gasteiger charge is 2.47. The van der Waals surface area contributed by atoms with E-state index in [1.807, 2.05) is 24.3 Å². The molecule has 15 heavy (non-hydrogen) atoms. The van der Waals surface area contributed by atoms with Gasteiger partial charge in [0.15, 0.2) is 6.10 Å². The summed E-state index contributed by atoms with van der Waals surface area (Å²) in [5, 5.41) is 0. The Kier molecular flexibility index (Phi) is 3.07. The van der Waals surface area contributed by atoms with Crippen LogP contribution < -0.4 is 0 Å². The number of esters is 1. The van der Waals surface area contributed by atoms with E-state index in [4.69, 9.17) is 9.47 Å². The van der Waals surface area contributed by atoms with Crippen molar-refractivity contribution in [1.82, 2.24) is 0 Å². The number of halogens is 1. The van der Waals surface area contributed by atoms with Gasteiger partial charge in [0.25, 0.3) is 0 Å². The predicted molar refractivity (Wildman–Crippen MR) is 58.4 cm³/mol. The molecule has 1 heterocycles. The molecule has 0 radical (unpaired) electrons. The van der Waals surface area contributed by atoms with Crippen molar-refractivity contribution in [2.24, 2.45) is 0 Å². The van der Waals surface area contributed by atoms with Crippen LogP contribution >= 0.6 is 15.9 Å². The summed E-state index contributed by atoms with van der Waals surface area (Å²) >= 11 is 3.35. The molecule has 0 saturated carbocycles. The lowest BCUT2D eigenvalue weighted by Crippen LogP contribution is -2.11. The fraction of sp³-hybridized carbons (Fsp3) is 0.364. The van der Waals surface area contributed by atoms with Gasteiger partial charge in [-0.1, -0.05) is 28.1 Å². The van der Waals surface area contributed by atoms with E-state index in [1.54, 1.807) is 6.92 Å². The van der Waals surface area contributed by atoms with Gasteiger partial charge in [-0.3, -0.25) is 0 Å². The van der Waals surface area contributed by atoms with E-state index in [0.29, 0.717) is 6.61 Å². The van der Waals surface area contributed by atoms with Gasteiger partial charge in [-0.05, 0) is 24.6 Å². The second-order valence-electron chi connectivity index (χ2n) is 3.28. The molecule has 2 atom stereocenters. The third kappa shape index (κ3) is 2.38. The van der Waals surface area contributed by atoms with Crippen molar-refractivity contribution in [2.45, 2.75) is 19.1 Å². The highest BCUT2D eigenvalue weighted by molar-refractivity contribution is 9.10. The first-order chi connectivity index (χ1) is 7.22. The Hall–Kier alpha value is -0.870. The fourth-order valence-corrected chi connectivity index (χ4v) is 1.69. The molecule has 80 valence electrons. The molecule has 0 bridgehead atoms. The Balaban J connectivity index is 1.98. The van der Waals surface area contributed by atoms with Crippen LogP contribution in [0.4, 0.5) is 0 Å². The first-order valence-electron chi connectivity index (χ1n) is 4.80. The van der Waals surface area contributed by atoms with Gasteiger partial charge >= 0.3 is 5.97 Å². The molecule has 1 aromatic carbocycles. The Morgan fingerprint density at radius 2 is 2.13 bits per heavy atom. The zero-order valence-electron chi connectivity index (χ0n) is 8.27. The molecule has 0 aromatic heterocycles. The molecule has 0 unspecified atom stereocenters. The Labute approximate surface area is 96.5 Å². The standard InChI is InChI=1S/C11H11BrO3/c1-2-14-11(13)10-9(15-10)7-3-5-8(12)6-4-7/h3-6,9-10H,2H2,1H3/t9-,10+/m0/s1. The normalized spacial score (nSPS) is 23.6. The first kappa shape index (κ1) is 10.6. The molecule has 3 nitrogen and oxygen atoms in total. The van der Waals surface area contributed by atoms with E-state index in [0.717, 1.165) is 10.0 Å². The molecule has 2 rings (SSSR count). The molecular weight excluding hydrogens is 260 g/mol. The maximum absolute atomic E-state index is 11.3. The molecule has 4 heteroatoms. The quantitative estimate of drug-likeness (QED) is 0.626. The lowest BCUT2D eigenvalue weighted by Gasteiger charge is -1.97. The number of ether oxygens (including phenoxy) is 2. The molecule has 0 spiro atoms. The number of carbonyl (C=O) groups excluding carboxylic acids is 1. The monoisotopic (exact) mass is 270 g/mol. The van der Waals surface area contributed by atoms with Crippen molar-refractivity contribution in [3.8, 4) is 0 Å². The van der Waals surface area contributed by atoms with Crippen LogP contribution in [0.25, 0.3) is 0 Å². The van der Waals surface area contributed by atoms with Crippen molar-refractivity contribution < 1.29 is 14.3 Å². The summed E-state index contributed by atoms with van der Waals surface area (Å²) in [5.74, 6) is -0.273. The van der Waals surface area contributed by atoms with Crippen molar-refractivity contribution in [3.63, 3.8) is 0 Å². The van der Waals surface area contributed by atoms with E-state index in [2.05, 4.69) is 15.9 Å². The second kappa shape index (κ2) is 4.33. The third-order valence-corrected chi connectivity index (χ3v) is 2.74. The van der Waals surface area contributed by atoms with Crippen LogP contribution in [0.2, 0.25) is 0 Å². The van der Waals surface area contributed by atoms with Crippen LogP contribution in [0.3, 0.4) is 0 Å². The number of carbonyl (C=O) groups is 1. The molecule has 1 aromatic rings. The zero-order chi connectivity index (χ0) is 10.8. The summed E-state index contributed by atoms with van der Waals surface area (Å²) < 4.78 is 11.1. The summed E-state index contributed by atoms with van der Waals surface area (Å²) in [7, 11) is 0. The summed E-state index contributed by atoms with van der Waals surface area (Å²) in [6, 6.07) is 7.74. The molecule has 0 N–H and O–H groups in total. The van der Waals surface area contributed by atoms with Gasteiger partial charge in [-0.2, -0.15) is 0 Å². The topological polar surface area (TPSA) is 38.8 Å². The van der Waals surface area contributed by atoms with Crippen LogP contribution in [0.5, 0.6) is 0 Å². The van der Waals surface area contributed by atoms with Crippen LogP contribution in [0.15, 0.2) is 28.7 Å². The van der Waals surface area contributed by atoms with Gasteiger partial charge in [0.1, 0.15) is 6.10 Å². The average Bonchev–Trinajstić information content (AvgIpc) is 2.99. The Morgan fingerprint density at radius 1 is 1.47 bits per heavy atom. The highest BCUT2D eigenvalue weighted by Crippen LogP contribution is 2.39. The van der Waals surface area contributed by atoms with Crippen LogP contribution in [-0.4, -0.2) is 18.7 Å². The van der Waals surface area contributed by atoms with Crippen molar-refractivity contribution in [1.29, 1.82) is 0 Å². The van der Waals surface area contributed by atoms with Gasteiger partial charge < -0.3 is 9.47 Å². The van der Waals surface area contributed by atoms with Crippen molar-refractivity contribution >= 4 is 21.9 Å². The SMILES string of the molecule is CCOC(=O)[C@@H]1O[C@H]1c1ccc(Br)cc1. The lowest BCUT2D eigenvalue weighted by molar-refractivity contribution is -0.144. The average molecular weight is 271 g/mol. The molecule has 0 aliphatic carbocycles. The van der Waals surface area contributed by atoms with Crippen LogP contribution in [-0.2, 0) is 14.3 Å². The molecule has 0 amide bonds. The van der Waals surface area contributed by atoms with E-state index in [9.17, 15) is 4.79 Å². The minimum Gasteiger partial charge on any atom is -0.464 e. The zero-order valence-corrected chi connectivity index (χ0v) is 9.86. The number of rotatable bonds is 3. The number of epoxide rings is 1. The van der Waals surface area contributed by atoms with E-state index < -0.39 is 6.10 Å². The molecular formula is C11H11BrO3. The fourth-order valence-electron chi connectivity index (χ4n) is 1.42. The van der Waals surface area contributed by atoms with Gasteiger partial charge in [0.05, 0.1) is 6.61 Å². The van der Waals surface area contributed by atoms with Crippen LogP contribution in [0.1, 0.15) is 18.6 Å². The Morgan fingerprint density at radius 3 is 2.73 bits per heavy atom. The summed E-state index contributed by atoms with van der Waals surface area (Å²) in [4.78, 5) is 11.3. The largest absolute Gasteiger partial charge is 0.464 e. The number of hydrogen-bond donors (Lipinski definition) is 0. The molecule has 1 saturated heterocycles. The summed E-state index contributed by atoms with van der Waals surface area (Å²) in [6.07, 6.45) is -0.539. The predicted octanol–water partition coefficient (Wildman–Crippen LogP) is 2.45. The lowest BCUT2D eigenvalue weighted by atomic mass is 10.1. The molecule has 1 aliphatic rings. The number of hydrogen-bond acceptors (Lipinski definition) is 3. The van der Waals surface area contributed by atoms with Gasteiger partial charge in [-0.25, -0.2) is 4.79 Å². The maximum Gasteiger partial charge on any atom is 0.338 e. The summed E-state index contributed by atoms with van der Waals surface area (Å²) in [6.45, 7) is 2.18. The van der Waals surface area contributed by atoms with E-state index in [1.165, 1.54) is 0 Å². The van der Waals surface area contributed by atoms with Crippen LogP contribution in [0, 0.1) is 0 Å². The third-order valence-electron chi connectivity index (χ3n) is 2.21. The summed E-state index contributed by atoms with van der Waals surface area (Å²) in [5.41, 5.74) is 1.01. The second-order valence-corrected chi connectivity index (χ2v) is 4.20.